The average Bonchev–Trinajstić information content (AvgIpc) is 2.58. The van der Waals surface area contributed by atoms with Gasteiger partial charge >= 0.3 is 0 Å². The van der Waals surface area contributed by atoms with Crippen LogP contribution in [0.15, 0.2) is 36.5 Å². The number of aryl methyl sites for hydroxylation is 1. The molecule has 1 aromatic carbocycles. The quantitative estimate of drug-likeness (QED) is 0.715. The zero-order valence-corrected chi connectivity index (χ0v) is 8.57. The van der Waals surface area contributed by atoms with Gasteiger partial charge in [-0.25, -0.2) is 0 Å². The van der Waals surface area contributed by atoms with E-state index < -0.39 is 0 Å². The van der Waals surface area contributed by atoms with Crippen LogP contribution in [0.5, 0.6) is 0 Å². The van der Waals surface area contributed by atoms with Gasteiger partial charge in [-0.2, -0.15) is 0 Å². The first-order valence-corrected chi connectivity index (χ1v) is 4.74. The van der Waals surface area contributed by atoms with E-state index in [0.717, 1.165) is 16.5 Å². The van der Waals surface area contributed by atoms with Crippen LogP contribution in [-0.4, -0.2) is 10.8 Å². The molecule has 0 unspecified atom stereocenters. The molecule has 3 N–H and O–H groups in total. The molecule has 3 heteroatoms. The molecule has 0 radical (unpaired) electrons. The summed E-state index contributed by atoms with van der Waals surface area (Å²) in [7, 11) is 1.99. The third kappa shape index (κ3) is 1.52. The van der Waals surface area contributed by atoms with Gasteiger partial charge in [-0.05, 0) is 12.1 Å². The highest BCUT2D eigenvalue weighted by atomic mass is 14.9. The molecule has 0 atom stereocenters. The van der Waals surface area contributed by atoms with Crippen molar-refractivity contribution in [3.63, 3.8) is 0 Å². The van der Waals surface area contributed by atoms with E-state index in [1.54, 1.807) is 6.08 Å². The number of hydrogen-bond acceptors (Lipinski definition) is 2. The second-order valence-electron chi connectivity index (χ2n) is 3.46. The predicted molar refractivity (Wildman–Crippen MR) is 63.9 cm³/mol. The highest BCUT2D eigenvalue weighted by Gasteiger charge is 2.06. The summed E-state index contributed by atoms with van der Waals surface area (Å²) in [5.41, 5.74) is 8.64. The molecule has 3 nitrogen and oxygen atoms in total. The van der Waals surface area contributed by atoms with Crippen molar-refractivity contribution in [2.24, 2.45) is 12.8 Å². The summed E-state index contributed by atoms with van der Waals surface area (Å²) in [5.74, 6) is 0. The molecule has 0 saturated carbocycles. The summed E-state index contributed by atoms with van der Waals surface area (Å²) in [6.45, 7) is 0. The van der Waals surface area contributed by atoms with Gasteiger partial charge in [0, 0.05) is 41.6 Å². The number of fused-ring (bicyclic) bond motifs is 1. The van der Waals surface area contributed by atoms with Gasteiger partial charge in [0.1, 0.15) is 0 Å². The van der Waals surface area contributed by atoms with Crippen LogP contribution in [0.4, 0.5) is 0 Å². The molecule has 2 rings (SSSR count). The summed E-state index contributed by atoms with van der Waals surface area (Å²) in [5, 5.41) is 8.13. The van der Waals surface area contributed by atoms with Crippen molar-refractivity contribution in [3.05, 3.63) is 42.1 Å². The number of nitrogens with zero attached hydrogens (tertiary/aromatic N) is 1. The standard InChI is InChI=1S/C12H13N3/c1-15-8-10(11(14)6-7-13)9-4-2-3-5-12(9)15/h2-8,13H,14H2,1H3/b11-6-,13-7?. The monoisotopic (exact) mass is 199 g/mol. The Morgan fingerprint density at radius 1 is 1.40 bits per heavy atom. The smallest absolute Gasteiger partial charge is 0.0484 e. The minimum absolute atomic E-state index is 0.627. The Labute approximate surface area is 88.3 Å². The summed E-state index contributed by atoms with van der Waals surface area (Å²) < 4.78 is 2.04. The number of aromatic nitrogens is 1. The highest BCUT2D eigenvalue weighted by Crippen LogP contribution is 2.23. The fraction of sp³-hybridized carbons (Fsp3) is 0.0833. The van der Waals surface area contributed by atoms with Crippen LogP contribution < -0.4 is 5.73 Å². The van der Waals surface area contributed by atoms with E-state index in [9.17, 15) is 0 Å². The number of allylic oxidation sites excluding steroid dienone is 1. The molecule has 0 fully saturated rings. The van der Waals surface area contributed by atoms with Crippen LogP contribution in [0.25, 0.3) is 16.6 Å². The van der Waals surface area contributed by atoms with Crippen LogP contribution in [0.2, 0.25) is 0 Å². The minimum Gasteiger partial charge on any atom is -0.398 e. The minimum atomic E-state index is 0.627. The highest BCUT2D eigenvalue weighted by molar-refractivity contribution is 5.95. The summed E-state index contributed by atoms with van der Waals surface area (Å²) in [4.78, 5) is 0. The second kappa shape index (κ2) is 3.61. The normalized spacial score (nSPS) is 11.9. The van der Waals surface area contributed by atoms with Gasteiger partial charge < -0.3 is 15.7 Å². The van der Waals surface area contributed by atoms with E-state index in [2.05, 4.69) is 6.07 Å². The third-order valence-corrected chi connectivity index (χ3v) is 2.47. The maximum Gasteiger partial charge on any atom is 0.0484 e. The van der Waals surface area contributed by atoms with Gasteiger partial charge in [0.05, 0.1) is 0 Å². The van der Waals surface area contributed by atoms with Crippen molar-refractivity contribution < 1.29 is 0 Å². The first-order valence-electron chi connectivity index (χ1n) is 4.74. The van der Waals surface area contributed by atoms with Gasteiger partial charge in [0.2, 0.25) is 0 Å². The number of para-hydroxylation sites is 1. The Morgan fingerprint density at radius 3 is 2.87 bits per heavy atom. The first-order chi connectivity index (χ1) is 7.24. The van der Waals surface area contributed by atoms with Crippen LogP contribution in [-0.2, 0) is 7.05 Å². The molecule has 1 aromatic heterocycles. The number of nitrogens with one attached hydrogen (secondary N) is 1. The summed E-state index contributed by atoms with van der Waals surface area (Å²) in [6.07, 6.45) is 4.79. The topological polar surface area (TPSA) is 54.8 Å². The number of hydrogen-bond donors (Lipinski definition) is 2. The molecule has 0 aliphatic carbocycles. The van der Waals surface area contributed by atoms with Crippen molar-refractivity contribution in [3.8, 4) is 0 Å². The van der Waals surface area contributed by atoms with E-state index in [-0.39, 0.29) is 0 Å². The molecule has 0 amide bonds. The Kier molecular flexibility index (Phi) is 2.29. The van der Waals surface area contributed by atoms with Crippen molar-refractivity contribution in [2.45, 2.75) is 0 Å². The lowest BCUT2D eigenvalue weighted by molar-refractivity contribution is 0.967. The van der Waals surface area contributed by atoms with Crippen LogP contribution in [0, 0.1) is 5.41 Å². The van der Waals surface area contributed by atoms with E-state index in [4.69, 9.17) is 11.1 Å². The molecule has 0 aliphatic heterocycles. The predicted octanol–water partition coefficient (Wildman–Crippen LogP) is 2.13. The van der Waals surface area contributed by atoms with Gasteiger partial charge in [-0.15, -0.1) is 0 Å². The fourth-order valence-corrected chi connectivity index (χ4v) is 1.75. The zero-order valence-electron chi connectivity index (χ0n) is 8.57. The zero-order chi connectivity index (χ0) is 10.8. The SMILES string of the molecule is Cn1cc(/C(N)=C/C=N)c2ccccc21. The summed E-state index contributed by atoms with van der Waals surface area (Å²) >= 11 is 0. The average molecular weight is 199 g/mol. The lowest BCUT2D eigenvalue weighted by Gasteiger charge is -1.96. The van der Waals surface area contributed by atoms with E-state index >= 15 is 0 Å². The molecule has 0 spiro atoms. The number of rotatable bonds is 2. The Morgan fingerprint density at radius 2 is 2.13 bits per heavy atom. The first kappa shape index (κ1) is 9.52. The molecular weight excluding hydrogens is 186 g/mol. The maximum absolute atomic E-state index is 7.01. The number of nitrogens with two attached hydrogens (primary N) is 1. The van der Waals surface area contributed by atoms with Gasteiger partial charge in [0.15, 0.2) is 0 Å². The molecule has 1 heterocycles. The Balaban J connectivity index is 2.72. The second-order valence-corrected chi connectivity index (χ2v) is 3.46. The van der Waals surface area contributed by atoms with Crippen LogP contribution in [0.1, 0.15) is 5.56 Å². The van der Waals surface area contributed by atoms with Crippen LogP contribution >= 0.6 is 0 Å². The van der Waals surface area contributed by atoms with Gasteiger partial charge in [-0.1, -0.05) is 18.2 Å². The van der Waals surface area contributed by atoms with Crippen molar-refractivity contribution >= 4 is 22.8 Å². The van der Waals surface area contributed by atoms with Crippen LogP contribution in [0.3, 0.4) is 0 Å². The van der Waals surface area contributed by atoms with Gasteiger partial charge in [0.25, 0.3) is 0 Å². The van der Waals surface area contributed by atoms with Crippen molar-refractivity contribution in [1.29, 1.82) is 5.41 Å². The third-order valence-electron chi connectivity index (χ3n) is 2.47. The van der Waals surface area contributed by atoms with E-state index in [1.165, 1.54) is 6.21 Å². The molecule has 76 valence electrons. The maximum atomic E-state index is 7.01. The fourth-order valence-electron chi connectivity index (χ4n) is 1.75. The molecule has 0 aliphatic rings. The van der Waals surface area contributed by atoms with E-state index in [1.807, 2.05) is 36.0 Å². The lowest BCUT2D eigenvalue weighted by Crippen LogP contribution is -1.95. The Bertz CT molecular complexity index is 535. The van der Waals surface area contributed by atoms with Crippen molar-refractivity contribution in [2.75, 3.05) is 0 Å². The van der Waals surface area contributed by atoms with Crippen molar-refractivity contribution in [1.82, 2.24) is 4.57 Å². The number of benzene rings is 1. The molecule has 2 aromatic rings. The Hall–Kier alpha value is -2.03. The molecule has 0 saturated heterocycles. The summed E-state index contributed by atoms with van der Waals surface area (Å²) in [6, 6.07) is 8.08. The molecular formula is C12H13N3. The largest absolute Gasteiger partial charge is 0.398 e. The van der Waals surface area contributed by atoms with E-state index in [0.29, 0.717) is 5.70 Å². The molecule has 15 heavy (non-hydrogen) atoms. The lowest BCUT2D eigenvalue weighted by atomic mass is 10.1. The molecule has 0 bridgehead atoms. The van der Waals surface area contributed by atoms with Gasteiger partial charge in [-0.3, -0.25) is 0 Å².